The molecule has 0 spiro atoms. The van der Waals surface area contributed by atoms with E-state index >= 15 is 0 Å². The van der Waals surface area contributed by atoms with Gasteiger partial charge in [-0.2, -0.15) is 12.6 Å². The van der Waals surface area contributed by atoms with E-state index in [9.17, 15) is 4.79 Å². The molecule has 3 heteroatoms. The Morgan fingerprint density at radius 3 is 2.56 bits per heavy atom. The lowest BCUT2D eigenvalue weighted by atomic mass is 10.2. The molecule has 0 aromatic heterocycles. The number of rotatable bonds is 3. The van der Waals surface area contributed by atoms with Crippen LogP contribution in [0.1, 0.15) is 13.8 Å². The van der Waals surface area contributed by atoms with E-state index in [4.69, 9.17) is 4.74 Å². The van der Waals surface area contributed by atoms with Crippen LogP contribution in [0.5, 0.6) is 0 Å². The van der Waals surface area contributed by atoms with E-state index in [0.717, 1.165) is 0 Å². The van der Waals surface area contributed by atoms with Crippen molar-refractivity contribution in [2.24, 2.45) is 5.92 Å². The molecule has 0 aliphatic carbocycles. The number of carbonyl (C=O) groups is 1. The second kappa shape index (κ2) is 4.68. The highest BCUT2D eigenvalue weighted by Crippen LogP contribution is 1.92. The Labute approximate surface area is 61.0 Å². The molecule has 0 atom stereocenters. The molecular formula is C6H12O2S. The smallest absolute Gasteiger partial charge is 0.315 e. The first-order valence-electron chi connectivity index (χ1n) is 2.93. The largest absolute Gasteiger partial charge is 0.465 e. The van der Waals surface area contributed by atoms with Crippen LogP contribution in [0.25, 0.3) is 0 Å². The van der Waals surface area contributed by atoms with Crippen LogP contribution in [0, 0.1) is 5.92 Å². The summed E-state index contributed by atoms with van der Waals surface area (Å²) in [5.41, 5.74) is 0. The van der Waals surface area contributed by atoms with Crippen molar-refractivity contribution in [1.29, 1.82) is 0 Å². The molecule has 0 aliphatic rings. The highest BCUT2D eigenvalue weighted by Gasteiger charge is 1.99. The van der Waals surface area contributed by atoms with Gasteiger partial charge in [0, 0.05) is 0 Å². The normalized spacial score (nSPS) is 9.78. The molecule has 0 N–H and O–H groups in total. The summed E-state index contributed by atoms with van der Waals surface area (Å²) in [6.07, 6.45) is 0. The van der Waals surface area contributed by atoms with Crippen molar-refractivity contribution in [3.8, 4) is 0 Å². The summed E-state index contributed by atoms with van der Waals surface area (Å²) in [6.45, 7) is 4.48. The van der Waals surface area contributed by atoms with Crippen molar-refractivity contribution < 1.29 is 9.53 Å². The molecule has 0 aliphatic heterocycles. The summed E-state index contributed by atoms with van der Waals surface area (Å²) >= 11 is 3.74. The van der Waals surface area contributed by atoms with Gasteiger partial charge in [-0.05, 0) is 5.92 Å². The van der Waals surface area contributed by atoms with Crippen LogP contribution in [0.2, 0.25) is 0 Å². The zero-order valence-electron chi connectivity index (χ0n) is 5.76. The summed E-state index contributed by atoms with van der Waals surface area (Å²) in [6, 6.07) is 0. The lowest BCUT2D eigenvalue weighted by Crippen LogP contribution is -2.10. The van der Waals surface area contributed by atoms with Gasteiger partial charge >= 0.3 is 5.97 Å². The van der Waals surface area contributed by atoms with Gasteiger partial charge in [0.2, 0.25) is 0 Å². The minimum Gasteiger partial charge on any atom is -0.465 e. The Bertz CT molecular complexity index is 91.1. The van der Waals surface area contributed by atoms with Crippen LogP contribution < -0.4 is 0 Å². The fraction of sp³-hybridized carbons (Fsp3) is 0.833. The predicted octanol–water partition coefficient (Wildman–Crippen LogP) is 1.12. The highest BCUT2D eigenvalue weighted by atomic mass is 32.1. The number of thiol groups is 1. The SMILES string of the molecule is CC(C)COC(=O)CS. The van der Waals surface area contributed by atoms with E-state index in [0.29, 0.717) is 12.5 Å². The predicted molar refractivity (Wildman–Crippen MR) is 39.7 cm³/mol. The fourth-order valence-corrected chi connectivity index (χ4v) is 0.397. The molecule has 0 radical (unpaired) electrons. The molecule has 0 fully saturated rings. The van der Waals surface area contributed by atoms with Crippen molar-refractivity contribution in [2.75, 3.05) is 12.4 Å². The van der Waals surface area contributed by atoms with Gasteiger partial charge in [0.25, 0.3) is 0 Å². The Hall–Kier alpha value is -0.180. The molecule has 0 aromatic carbocycles. The highest BCUT2D eigenvalue weighted by molar-refractivity contribution is 7.81. The molecule has 0 rings (SSSR count). The molecule has 2 nitrogen and oxygen atoms in total. The third kappa shape index (κ3) is 5.69. The molecule has 0 bridgehead atoms. The summed E-state index contributed by atoms with van der Waals surface area (Å²) in [7, 11) is 0. The van der Waals surface area contributed by atoms with Crippen molar-refractivity contribution in [1.82, 2.24) is 0 Å². The van der Waals surface area contributed by atoms with Crippen LogP contribution in [-0.4, -0.2) is 18.3 Å². The summed E-state index contributed by atoms with van der Waals surface area (Å²) in [4.78, 5) is 10.4. The Morgan fingerprint density at radius 1 is 1.67 bits per heavy atom. The second-order valence-electron chi connectivity index (χ2n) is 2.23. The summed E-state index contributed by atoms with van der Waals surface area (Å²) in [5.74, 6) is 0.341. The van der Waals surface area contributed by atoms with Crippen molar-refractivity contribution >= 4 is 18.6 Å². The van der Waals surface area contributed by atoms with Gasteiger partial charge in [0.05, 0.1) is 12.4 Å². The number of hydrogen-bond donors (Lipinski definition) is 1. The van der Waals surface area contributed by atoms with Crippen molar-refractivity contribution in [3.05, 3.63) is 0 Å². The Morgan fingerprint density at radius 2 is 2.22 bits per heavy atom. The first kappa shape index (κ1) is 8.82. The molecule has 9 heavy (non-hydrogen) atoms. The quantitative estimate of drug-likeness (QED) is 0.479. The van der Waals surface area contributed by atoms with Gasteiger partial charge in [0.15, 0.2) is 0 Å². The standard InChI is InChI=1S/C6H12O2S/c1-5(2)3-8-6(7)4-9/h5,9H,3-4H2,1-2H3. The molecule has 0 saturated carbocycles. The number of hydrogen-bond acceptors (Lipinski definition) is 3. The monoisotopic (exact) mass is 148 g/mol. The van der Waals surface area contributed by atoms with Crippen LogP contribution in [0.3, 0.4) is 0 Å². The lowest BCUT2D eigenvalue weighted by molar-refractivity contribution is -0.141. The molecule has 0 unspecified atom stereocenters. The maximum Gasteiger partial charge on any atom is 0.315 e. The summed E-state index contributed by atoms with van der Waals surface area (Å²) in [5, 5.41) is 0. The zero-order valence-corrected chi connectivity index (χ0v) is 6.65. The lowest BCUT2D eigenvalue weighted by Gasteiger charge is -2.03. The third-order valence-electron chi connectivity index (χ3n) is 0.707. The van der Waals surface area contributed by atoms with Crippen molar-refractivity contribution in [2.45, 2.75) is 13.8 Å². The number of esters is 1. The van der Waals surface area contributed by atoms with Gasteiger partial charge in [-0.15, -0.1) is 0 Å². The van der Waals surface area contributed by atoms with Gasteiger partial charge in [-0.3, -0.25) is 4.79 Å². The third-order valence-corrected chi connectivity index (χ3v) is 0.965. The van der Waals surface area contributed by atoms with Gasteiger partial charge in [-0.25, -0.2) is 0 Å². The topological polar surface area (TPSA) is 26.3 Å². The molecular weight excluding hydrogens is 136 g/mol. The fourth-order valence-electron chi connectivity index (χ4n) is 0.305. The second-order valence-corrected chi connectivity index (χ2v) is 2.55. The summed E-state index contributed by atoms with van der Waals surface area (Å²) < 4.78 is 4.74. The van der Waals surface area contributed by atoms with Crippen LogP contribution in [-0.2, 0) is 9.53 Å². The molecule has 54 valence electrons. The Balaban J connectivity index is 3.17. The number of carbonyl (C=O) groups excluding carboxylic acids is 1. The maximum absolute atomic E-state index is 10.4. The molecule has 0 amide bonds. The minimum absolute atomic E-state index is 0.173. The van der Waals surface area contributed by atoms with E-state index in [1.807, 2.05) is 13.8 Å². The van der Waals surface area contributed by atoms with Crippen LogP contribution in [0.4, 0.5) is 0 Å². The Kier molecular flexibility index (Phi) is 4.58. The first-order chi connectivity index (χ1) is 4.16. The van der Waals surface area contributed by atoms with Crippen LogP contribution >= 0.6 is 12.6 Å². The van der Waals surface area contributed by atoms with Crippen LogP contribution in [0.15, 0.2) is 0 Å². The van der Waals surface area contributed by atoms with E-state index in [1.165, 1.54) is 0 Å². The minimum atomic E-state index is -0.243. The maximum atomic E-state index is 10.4. The van der Waals surface area contributed by atoms with E-state index in [-0.39, 0.29) is 11.7 Å². The van der Waals surface area contributed by atoms with E-state index in [2.05, 4.69) is 12.6 Å². The average Bonchev–Trinajstić information content (AvgIpc) is 1.83. The van der Waals surface area contributed by atoms with E-state index in [1.54, 1.807) is 0 Å². The van der Waals surface area contributed by atoms with Gasteiger partial charge < -0.3 is 4.74 Å². The number of ether oxygens (including phenoxy) is 1. The molecule has 0 aromatic rings. The zero-order chi connectivity index (χ0) is 7.28. The molecule has 0 saturated heterocycles. The average molecular weight is 148 g/mol. The van der Waals surface area contributed by atoms with Gasteiger partial charge in [-0.1, -0.05) is 13.8 Å². The molecule has 0 heterocycles. The van der Waals surface area contributed by atoms with E-state index < -0.39 is 0 Å². The van der Waals surface area contributed by atoms with Gasteiger partial charge in [0.1, 0.15) is 0 Å². The first-order valence-corrected chi connectivity index (χ1v) is 3.56. The van der Waals surface area contributed by atoms with Crippen molar-refractivity contribution in [3.63, 3.8) is 0 Å².